The van der Waals surface area contributed by atoms with Gasteiger partial charge in [-0.25, -0.2) is 0 Å². The van der Waals surface area contributed by atoms with E-state index < -0.39 is 29.7 Å². The summed E-state index contributed by atoms with van der Waals surface area (Å²) in [6.07, 6.45) is 18.7. The Morgan fingerprint density at radius 3 is 2.37 bits per heavy atom. The van der Waals surface area contributed by atoms with Gasteiger partial charge in [0.05, 0.1) is 17.8 Å². The summed E-state index contributed by atoms with van der Waals surface area (Å²) in [5, 5.41) is 38.9. The molecule has 0 aromatic heterocycles. The van der Waals surface area contributed by atoms with Crippen molar-refractivity contribution in [2.45, 2.75) is 76.1 Å². The van der Waals surface area contributed by atoms with Gasteiger partial charge in [-0.15, -0.1) is 0 Å². The van der Waals surface area contributed by atoms with E-state index in [0.29, 0.717) is 12.8 Å². The number of hydrogen-bond donors (Lipinski definition) is 4. The van der Waals surface area contributed by atoms with Gasteiger partial charge in [0.1, 0.15) is 0 Å². The lowest BCUT2D eigenvalue weighted by atomic mass is 9.64. The molecule has 1 aliphatic carbocycles. The Kier molecular flexibility index (Phi) is 10.9. The molecule has 0 aromatic rings. The van der Waals surface area contributed by atoms with E-state index in [2.05, 4.69) is 37.3 Å². The van der Waals surface area contributed by atoms with Crippen molar-refractivity contribution in [2.24, 2.45) is 5.92 Å². The predicted molar refractivity (Wildman–Crippen MR) is 107 cm³/mol. The summed E-state index contributed by atoms with van der Waals surface area (Å²) in [7, 11) is 0. The van der Waals surface area contributed by atoms with E-state index >= 15 is 0 Å². The molecule has 1 rings (SSSR count). The molecule has 152 valence electrons. The number of rotatable bonds is 13. The molecule has 5 heteroatoms. The summed E-state index contributed by atoms with van der Waals surface area (Å²) in [6, 6.07) is 0. The van der Waals surface area contributed by atoms with E-state index in [1.807, 2.05) is 6.08 Å². The molecule has 0 saturated heterocycles. The number of allylic oxidation sites excluding steroid dienone is 6. The first kappa shape index (κ1) is 23.3. The molecule has 1 saturated carbocycles. The Bertz CT molecular complexity index is 549. The van der Waals surface area contributed by atoms with Gasteiger partial charge in [0, 0.05) is 18.8 Å². The van der Waals surface area contributed by atoms with E-state index in [1.165, 1.54) is 6.08 Å². The standard InChI is InChI=1S/C22H34O5/c1-2-3-4-5-6-7-8-9-10-11-16-22(27)17-20(24)19(22)14-12-18(23)13-15-21(25)26/h3-4,6-7,9-10,12,14,18-20,23-24,27H,2,5,8,11,13,15-17H2,1H3,(H,25,26)/b4-3-,7-6-,10-9-,14-12+. The van der Waals surface area contributed by atoms with Gasteiger partial charge in [-0.05, 0) is 38.5 Å². The number of aliphatic hydroxyl groups is 3. The quantitative estimate of drug-likeness (QED) is 0.368. The third kappa shape index (κ3) is 9.18. The highest BCUT2D eigenvalue weighted by molar-refractivity contribution is 5.66. The number of carboxylic acid groups (broad SMARTS) is 1. The molecule has 4 N–H and O–H groups in total. The molecule has 1 aliphatic rings. The Balaban J connectivity index is 2.33. The minimum absolute atomic E-state index is 0.114. The van der Waals surface area contributed by atoms with Gasteiger partial charge in [0.2, 0.25) is 0 Å². The first-order valence-electron chi connectivity index (χ1n) is 9.82. The lowest BCUT2D eigenvalue weighted by molar-refractivity contribution is -0.157. The van der Waals surface area contributed by atoms with Gasteiger partial charge in [-0.2, -0.15) is 0 Å². The minimum atomic E-state index is -0.965. The molecule has 4 unspecified atom stereocenters. The Labute approximate surface area is 162 Å². The second-order valence-electron chi connectivity index (χ2n) is 7.12. The van der Waals surface area contributed by atoms with Crippen molar-refractivity contribution in [3.63, 3.8) is 0 Å². The lowest BCUT2D eigenvalue weighted by Gasteiger charge is -2.48. The molecule has 0 heterocycles. The number of carbonyl (C=O) groups is 1. The molecule has 4 atom stereocenters. The van der Waals surface area contributed by atoms with Gasteiger partial charge >= 0.3 is 5.97 Å². The third-order valence-electron chi connectivity index (χ3n) is 4.82. The third-order valence-corrected chi connectivity index (χ3v) is 4.82. The lowest BCUT2D eigenvalue weighted by Crippen LogP contribution is -2.56. The van der Waals surface area contributed by atoms with Gasteiger partial charge in [-0.1, -0.05) is 55.5 Å². The number of aliphatic hydroxyl groups excluding tert-OH is 2. The molecule has 0 radical (unpaired) electrons. The summed E-state index contributed by atoms with van der Waals surface area (Å²) >= 11 is 0. The number of aliphatic carboxylic acids is 1. The predicted octanol–water partition coefficient (Wildman–Crippen LogP) is 3.52. The molecule has 0 aromatic carbocycles. The highest BCUT2D eigenvalue weighted by Crippen LogP contribution is 2.43. The van der Waals surface area contributed by atoms with Gasteiger partial charge in [0.25, 0.3) is 0 Å². The van der Waals surface area contributed by atoms with E-state index in [1.54, 1.807) is 6.08 Å². The minimum Gasteiger partial charge on any atom is -0.481 e. The fourth-order valence-corrected chi connectivity index (χ4v) is 3.17. The van der Waals surface area contributed by atoms with Crippen molar-refractivity contribution in [2.75, 3.05) is 0 Å². The molecule has 27 heavy (non-hydrogen) atoms. The molecular formula is C22H34O5. The van der Waals surface area contributed by atoms with Crippen molar-refractivity contribution in [3.8, 4) is 0 Å². The van der Waals surface area contributed by atoms with Crippen molar-refractivity contribution < 1.29 is 25.2 Å². The Hall–Kier alpha value is -1.69. The Morgan fingerprint density at radius 2 is 1.78 bits per heavy atom. The maximum absolute atomic E-state index is 10.7. The van der Waals surface area contributed by atoms with Crippen molar-refractivity contribution in [1.82, 2.24) is 0 Å². The van der Waals surface area contributed by atoms with Crippen LogP contribution >= 0.6 is 0 Å². The fraction of sp³-hybridized carbons (Fsp3) is 0.591. The van der Waals surface area contributed by atoms with Gasteiger partial charge in [-0.3, -0.25) is 4.79 Å². The number of hydrogen-bond acceptors (Lipinski definition) is 4. The van der Waals surface area contributed by atoms with Gasteiger partial charge in [0.15, 0.2) is 0 Å². The molecule has 0 aliphatic heterocycles. The summed E-state index contributed by atoms with van der Waals surface area (Å²) in [5.74, 6) is -1.38. The van der Waals surface area contributed by atoms with E-state index in [9.17, 15) is 20.1 Å². The first-order chi connectivity index (χ1) is 12.9. The van der Waals surface area contributed by atoms with Crippen LogP contribution in [-0.4, -0.2) is 44.2 Å². The van der Waals surface area contributed by atoms with Crippen LogP contribution in [0.5, 0.6) is 0 Å². The monoisotopic (exact) mass is 378 g/mol. The fourth-order valence-electron chi connectivity index (χ4n) is 3.17. The van der Waals surface area contributed by atoms with Gasteiger partial charge < -0.3 is 20.4 Å². The largest absolute Gasteiger partial charge is 0.481 e. The van der Waals surface area contributed by atoms with Crippen molar-refractivity contribution >= 4 is 5.97 Å². The average molecular weight is 379 g/mol. The van der Waals surface area contributed by atoms with E-state index in [0.717, 1.165) is 25.7 Å². The van der Waals surface area contributed by atoms with Crippen LogP contribution in [0.2, 0.25) is 0 Å². The zero-order valence-corrected chi connectivity index (χ0v) is 16.2. The molecular weight excluding hydrogens is 344 g/mol. The highest BCUT2D eigenvalue weighted by Gasteiger charge is 2.50. The maximum atomic E-state index is 10.7. The summed E-state index contributed by atoms with van der Waals surface area (Å²) in [6.45, 7) is 2.11. The SMILES string of the molecule is CC/C=C\C/C=C\C/C=C\CCC1(O)CC(O)C1/C=C/C(O)CCC(=O)O. The van der Waals surface area contributed by atoms with Crippen LogP contribution in [0.4, 0.5) is 0 Å². The maximum Gasteiger partial charge on any atom is 0.303 e. The van der Waals surface area contributed by atoms with Crippen LogP contribution in [0.25, 0.3) is 0 Å². The van der Waals surface area contributed by atoms with Crippen LogP contribution in [-0.2, 0) is 4.79 Å². The highest BCUT2D eigenvalue weighted by atomic mass is 16.4. The zero-order chi connectivity index (χ0) is 20.1. The van der Waals surface area contributed by atoms with E-state index in [-0.39, 0.29) is 12.8 Å². The van der Waals surface area contributed by atoms with Crippen LogP contribution < -0.4 is 0 Å². The van der Waals surface area contributed by atoms with Crippen LogP contribution in [0, 0.1) is 5.92 Å². The normalized spacial score (nSPS) is 27.1. The van der Waals surface area contributed by atoms with Crippen LogP contribution in [0.15, 0.2) is 48.6 Å². The summed E-state index contributed by atoms with van der Waals surface area (Å²) < 4.78 is 0. The zero-order valence-electron chi connectivity index (χ0n) is 16.2. The Morgan fingerprint density at radius 1 is 1.15 bits per heavy atom. The topological polar surface area (TPSA) is 98.0 Å². The molecule has 0 amide bonds. The van der Waals surface area contributed by atoms with Crippen molar-refractivity contribution in [3.05, 3.63) is 48.6 Å². The first-order valence-corrected chi connectivity index (χ1v) is 9.82. The van der Waals surface area contributed by atoms with Crippen LogP contribution in [0.3, 0.4) is 0 Å². The average Bonchev–Trinajstić information content (AvgIpc) is 2.61. The second kappa shape index (κ2) is 12.7. The van der Waals surface area contributed by atoms with Crippen molar-refractivity contribution in [1.29, 1.82) is 0 Å². The van der Waals surface area contributed by atoms with E-state index in [4.69, 9.17) is 5.11 Å². The molecule has 5 nitrogen and oxygen atoms in total. The smallest absolute Gasteiger partial charge is 0.303 e. The molecule has 0 bridgehead atoms. The molecule has 1 fully saturated rings. The number of carboxylic acids is 1. The summed E-state index contributed by atoms with van der Waals surface area (Å²) in [5.41, 5.74) is -0.965. The molecule has 0 spiro atoms. The summed E-state index contributed by atoms with van der Waals surface area (Å²) in [4.78, 5) is 10.5. The van der Waals surface area contributed by atoms with Crippen LogP contribution in [0.1, 0.15) is 58.3 Å². The second-order valence-corrected chi connectivity index (χ2v) is 7.12.